The molecular formula is C30H64N4O3S2Si. The number of aromatic amines is 1. The van der Waals surface area contributed by atoms with E-state index >= 15 is 0 Å². The van der Waals surface area contributed by atoms with Crippen molar-refractivity contribution < 1.29 is 13.3 Å². The van der Waals surface area contributed by atoms with E-state index in [4.69, 9.17) is 13.3 Å². The molecule has 1 aromatic heterocycles. The smallest absolute Gasteiger partial charge is 0.374 e. The van der Waals surface area contributed by atoms with Gasteiger partial charge in [0.05, 0.1) is 0 Å². The number of hydrogen-bond donors (Lipinski definition) is 3. The van der Waals surface area contributed by atoms with Crippen molar-refractivity contribution in [1.29, 1.82) is 0 Å². The minimum absolute atomic E-state index is 0.677. The summed E-state index contributed by atoms with van der Waals surface area (Å²) in [6, 6.07) is 0.961. The van der Waals surface area contributed by atoms with Crippen LogP contribution in [0.2, 0.25) is 6.04 Å². The van der Waals surface area contributed by atoms with Gasteiger partial charge in [-0.1, -0.05) is 103 Å². The Morgan fingerprint density at radius 1 is 0.700 bits per heavy atom. The van der Waals surface area contributed by atoms with E-state index in [2.05, 4.69) is 36.6 Å². The zero-order valence-electron chi connectivity index (χ0n) is 26.5. The molecule has 0 saturated heterocycles. The van der Waals surface area contributed by atoms with E-state index in [0.717, 1.165) is 25.4 Å². The van der Waals surface area contributed by atoms with Gasteiger partial charge < -0.3 is 18.7 Å². The SMILES string of the molecule is CCCCNn1[nH]n(S)cc(CCCCCCCCCCCCCCCCCC[Si](OCC)(OCC)OCC)s1. The van der Waals surface area contributed by atoms with Gasteiger partial charge in [0, 0.05) is 43.5 Å². The zero-order valence-corrected chi connectivity index (χ0v) is 29.2. The maximum atomic E-state index is 5.96. The fourth-order valence-corrected chi connectivity index (χ4v) is 9.03. The van der Waals surface area contributed by atoms with Gasteiger partial charge in [0.25, 0.3) is 0 Å². The van der Waals surface area contributed by atoms with Gasteiger partial charge >= 0.3 is 8.80 Å². The second kappa shape index (κ2) is 26.3. The summed E-state index contributed by atoms with van der Waals surface area (Å²) in [6.45, 7) is 11.3. The Balaban J connectivity index is 1.91. The first-order valence-electron chi connectivity index (χ1n) is 16.7. The third kappa shape index (κ3) is 19.7. The van der Waals surface area contributed by atoms with Crippen molar-refractivity contribution in [2.24, 2.45) is 0 Å². The standard InChI is InChI=1S/C30H64N4O3S2Si/c1-5-9-27-31-34-32-33(38)29-30(39-34)26-24-22-20-18-16-14-12-10-11-13-15-17-19-21-23-25-28-40(35-6-2,36-7-3)37-8-4/h29,31-32,38H,5-28H2,1-4H3. The van der Waals surface area contributed by atoms with E-state index in [0.29, 0.717) is 19.8 Å². The van der Waals surface area contributed by atoms with E-state index in [1.54, 1.807) is 15.6 Å². The molecule has 0 aliphatic carbocycles. The molecule has 1 aromatic rings. The van der Waals surface area contributed by atoms with E-state index in [1.807, 2.05) is 25.0 Å². The second-order valence-electron chi connectivity index (χ2n) is 10.8. The van der Waals surface area contributed by atoms with E-state index in [9.17, 15) is 0 Å². The lowest BCUT2D eigenvalue weighted by Gasteiger charge is -2.28. The van der Waals surface area contributed by atoms with E-state index in [1.165, 1.54) is 114 Å². The minimum atomic E-state index is -2.43. The van der Waals surface area contributed by atoms with Crippen LogP contribution in [0.15, 0.2) is 6.20 Å². The van der Waals surface area contributed by atoms with Crippen LogP contribution in [0.25, 0.3) is 0 Å². The molecule has 2 N–H and O–H groups in total. The lowest BCUT2D eigenvalue weighted by Crippen LogP contribution is -2.45. The van der Waals surface area contributed by atoms with Gasteiger partial charge in [-0.15, -0.1) is 4.18 Å². The summed E-state index contributed by atoms with van der Waals surface area (Å²) in [5.74, 6) is 0. The Bertz CT molecular complexity index is 705. The summed E-state index contributed by atoms with van der Waals surface area (Å²) < 4.78 is 21.6. The van der Waals surface area contributed by atoms with Crippen molar-refractivity contribution in [3.63, 3.8) is 0 Å². The van der Waals surface area contributed by atoms with Crippen LogP contribution < -0.4 is 5.43 Å². The molecule has 0 aliphatic heterocycles. The second-order valence-corrected chi connectivity index (χ2v) is 15.1. The topological polar surface area (TPSA) is 65.4 Å². The highest BCUT2D eigenvalue weighted by Gasteiger charge is 2.39. The van der Waals surface area contributed by atoms with Crippen LogP contribution in [-0.4, -0.2) is 48.7 Å². The Labute approximate surface area is 257 Å². The van der Waals surface area contributed by atoms with Crippen molar-refractivity contribution in [2.45, 2.75) is 156 Å². The molecule has 0 fully saturated rings. The maximum absolute atomic E-state index is 5.96. The Morgan fingerprint density at radius 3 is 1.60 bits per heavy atom. The molecule has 0 atom stereocenters. The highest BCUT2D eigenvalue weighted by Crippen LogP contribution is 2.21. The maximum Gasteiger partial charge on any atom is 0.500 e. The molecule has 0 aliphatic rings. The predicted octanol–water partition coefficient (Wildman–Crippen LogP) is 9.67. The summed E-state index contributed by atoms with van der Waals surface area (Å²) >= 11 is 6.20. The number of rotatable bonds is 29. The quantitative estimate of drug-likeness (QED) is 0.0474. The summed E-state index contributed by atoms with van der Waals surface area (Å²) in [4.78, 5) is 1.36. The van der Waals surface area contributed by atoms with Gasteiger partial charge in [-0.2, -0.15) is 0 Å². The molecule has 0 spiro atoms. The van der Waals surface area contributed by atoms with Crippen molar-refractivity contribution in [3.8, 4) is 0 Å². The molecule has 0 radical (unpaired) electrons. The number of nitrogens with one attached hydrogen (secondary N) is 2. The molecule has 0 aromatic carbocycles. The third-order valence-electron chi connectivity index (χ3n) is 7.20. The molecule has 10 heteroatoms. The van der Waals surface area contributed by atoms with Gasteiger partial charge in [0.1, 0.15) is 0 Å². The minimum Gasteiger partial charge on any atom is -0.374 e. The van der Waals surface area contributed by atoms with Crippen LogP contribution in [0.3, 0.4) is 0 Å². The molecule has 0 unspecified atom stereocenters. The molecule has 0 amide bonds. The highest BCUT2D eigenvalue weighted by atomic mass is 32.1. The lowest BCUT2D eigenvalue weighted by atomic mass is 10.0. The van der Waals surface area contributed by atoms with Crippen LogP contribution in [-0.2, 0) is 19.7 Å². The molecule has 238 valence electrons. The fourth-order valence-electron chi connectivity index (χ4n) is 5.07. The van der Waals surface area contributed by atoms with Gasteiger partial charge in [-0.05, 0) is 70.8 Å². The fraction of sp³-hybridized carbons (Fsp3) is 0.933. The number of H-pyrrole nitrogens is 1. The van der Waals surface area contributed by atoms with Crippen LogP contribution in [0.1, 0.15) is 148 Å². The monoisotopic (exact) mass is 620 g/mol. The van der Waals surface area contributed by atoms with Crippen molar-refractivity contribution in [1.82, 2.24) is 13.5 Å². The van der Waals surface area contributed by atoms with Crippen LogP contribution >= 0.6 is 24.3 Å². The molecule has 1 rings (SSSR count). The largest absolute Gasteiger partial charge is 0.500 e. The molecule has 0 bridgehead atoms. The molecular weight excluding hydrogens is 557 g/mol. The molecule has 7 nitrogen and oxygen atoms in total. The number of thiol groups is 1. The number of aryl methyl sites for hydroxylation is 1. The first-order chi connectivity index (χ1) is 19.6. The van der Waals surface area contributed by atoms with Gasteiger partial charge in [-0.3, -0.25) is 0 Å². The Morgan fingerprint density at radius 2 is 1.15 bits per heavy atom. The lowest BCUT2D eigenvalue weighted by molar-refractivity contribution is 0.0706. The summed E-state index contributed by atoms with van der Waals surface area (Å²) in [5, 5.41) is 3.17. The first-order valence-corrected chi connectivity index (χ1v) is 19.8. The summed E-state index contributed by atoms with van der Waals surface area (Å²) in [6.07, 6.45) is 27.3. The first kappa shape index (κ1) is 37.6. The zero-order chi connectivity index (χ0) is 29.2. The predicted molar refractivity (Wildman–Crippen MR) is 179 cm³/mol. The Hall–Kier alpha value is -0.393. The van der Waals surface area contributed by atoms with Crippen LogP contribution in [0.5, 0.6) is 0 Å². The number of unbranched alkanes of at least 4 members (excludes halogenated alkanes) is 16. The van der Waals surface area contributed by atoms with Crippen LogP contribution in [0.4, 0.5) is 0 Å². The molecule has 40 heavy (non-hydrogen) atoms. The molecule has 0 saturated carbocycles. The van der Waals surface area contributed by atoms with Crippen molar-refractivity contribution in [2.75, 3.05) is 31.8 Å². The summed E-state index contributed by atoms with van der Waals surface area (Å²) in [5.41, 5.74) is 3.40. The highest BCUT2D eigenvalue weighted by molar-refractivity contribution is 7.78. The van der Waals surface area contributed by atoms with Crippen molar-refractivity contribution >= 4 is 33.2 Å². The summed E-state index contributed by atoms with van der Waals surface area (Å²) in [7, 11) is -2.43. The number of nitrogens with zero attached hydrogens (tertiary/aromatic N) is 2. The number of aromatic nitrogens is 3. The third-order valence-corrected chi connectivity index (χ3v) is 11.5. The normalized spacial score (nSPS) is 11.8. The van der Waals surface area contributed by atoms with Gasteiger partial charge in [-0.25, -0.2) is 9.30 Å². The van der Waals surface area contributed by atoms with E-state index < -0.39 is 8.80 Å². The van der Waals surface area contributed by atoms with E-state index in [-0.39, 0.29) is 0 Å². The average Bonchev–Trinajstić information content (AvgIpc) is 2.93. The molecule has 1 heterocycles. The van der Waals surface area contributed by atoms with Gasteiger partial charge in [0.15, 0.2) is 0 Å². The number of hydrogen-bond acceptors (Lipinski definition) is 6. The van der Waals surface area contributed by atoms with Crippen LogP contribution in [0, 0.1) is 0 Å². The van der Waals surface area contributed by atoms with Gasteiger partial charge in [0.2, 0.25) is 0 Å². The Kier molecular flexibility index (Phi) is 24.7. The van der Waals surface area contributed by atoms with Crippen molar-refractivity contribution in [3.05, 3.63) is 11.1 Å². The average molecular weight is 621 g/mol.